The highest BCUT2D eigenvalue weighted by molar-refractivity contribution is 5.92. The maximum Gasteiger partial charge on any atom is 0.416 e. The Bertz CT molecular complexity index is 1380. The van der Waals surface area contributed by atoms with E-state index in [0.717, 1.165) is 7.05 Å². The van der Waals surface area contributed by atoms with E-state index in [2.05, 4.69) is 0 Å². The molecule has 2 aromatic rings. The van der Waals surface area contributed by atoms with Crippen molar-refractivity contribution < 1.29 is 49.9 Å². The van der Waals surface area contributed by atoms with Gasteiger partial charge in [-0.05, 0) is 48.7 Å². The van der Waals surface area contributed by atoms with Crippen LogP contribution in [0.2, 0.25) is 0 Å². The number of benzene rings is 2. The molecule has 0 spiro atoms. The highest BCUT2D eigenvalue weighted by Gasteiger charge is 2.43. The van der Waals surface area contributed by atoms with Gasteiger partial charge in [-0.1, -0.05) is 12.1 Å². The monoisotopic (exact) mass is 660 g/mol. The van der Waals surface area contributed by atoms with E-state index in [-0.39, 0.29) is 44.0 Å². The Morgan fingerprint density at radius 1 is 0.870 bits per heavy atom. The highest BCUT2D eigenvalue weighted by atomic mass is 19.4. The second-order valence-corrected chi connectivity index (χ2v) is 11.6. The van der Waals surface area contributed by atoms with Crippen molar-refractivity contribution in [2.75, 3.05) is 58.9 Å². The number of alkyl halides is 6. The number of anilines is 1. The molecule has 4 amide bonds. The molecule has 2 fully saturated rings. The van der Waals surface area contributed by atoms with Crippen molar-refractivity contribution in [3.63, 3.8) is 0 Å². The molecule has 0 aliphatic carbocycles. The Balaban J connectivity index is 1.56. The van der Waals surface area contributed by atoms with Gasteiger partial charge in [0.2, 0.25) is 11.8 Å². The first-order chi connectivity index (χ1) is 21.5. The number of likely N-dealkylation sites (N-methyl/N-ethyl adjacent to an activating group) is 1. The first-order valence-electron chi connectivity index (χ1n) is 14.6. The molecule has 0 N–H and O–H groups in total. The fourth-order valence-corrected chi connectivity index (χ4v) is 6.00. The summed E-state index contributed by atoms with van der Waals surface area (Å²) < 4.78 is 99.6. The lowest BCUT2D eigenvalue weighted by molar-refractivity contribution is -0.143. The second kappa shape index (κ2) is 13.9. The SMILES string of the molecule is COCCC(=O)N1CCC(C(=O)N2CC(c3ccc(F)cc3)C(N(C)C(=O)N(C)c3cc(C(F)(F)F)cc(C(F)(F)F)c3)C2)CC1. The number of hydrogen-bond donors (Lipinski definition) is 0. The van der Waals surface area contributed by atoms with Crippen molar-refractivity contribution in [3.05, 3.63) is 65.0 Å². The van der Waals surface area contributed by atoms with Crippen LogP contribution in [0, 0.1) is 11.7 Å². The molecule has 0 saturated carbocycles. The predicted molar refractivity (Wildman–Crippen MR) is 153 cm³/mol. The normalized spacial score (nSPS) is 19.3. The van der Waals surface area contributed by atoms with Gasteiger partial charge in [-0.2, -0.15) is 26.3 Å². The van der Waals surface area contributed by atoms with Crippen molar-refractivity contribution in [3.8, 4) is 0 Å². The minimum absolute atomic E-state index is 0.0173. The molecule has 46 heavy (non-hydrogen) atoms. The summed E-state index contributed by atoms with van der Waals surface area (Å²) in [5.74, 6) is -1.70. The number of methoxy groups -OCH3 is 1. The molecule has 4 rings (SSSR count). The summed E-state index contributed by atoms with van der Waals surface area (Å²) in [7, 11) is 3.93. The van der Waals surface area contributed by atoms with E-state index in [4.69, 9.17) is 4.74 Å². The number of urea groups is 1. The van der Waals surface area contributed by atoms with Crippen LogP contribution in [0.25, 0.3) is 0 Å². The van der Waals surface area contributed by atoms with Gasteiger partial charge >= 0.3 is 18.4 Å². The topological polar surface area (TPSA) is 73.4 Å². The number of halogens is 7. The standard InChI is InChI=1S/C31H35F7N4O4/c1-39(24-15-21(30(33,34)35)14-22(16-24)31(36,37)38)29(45)40(2)26-18-42(17-25(26)19-4-6-23(32)7-5-19)28(44)20-8-11-41(12-9-20)27(43)10-13-46-3/h4-7,14-16,20,25-26H,8-13,17-18H2,1-3H3. The summed E-state index contributed by atoms with van der Waals surface area (Å²) in [6.07, 6.45) is -9.11. The molecule has 2 heterocycles. The largest absolute Gasteiger partial charge is 0.416 e. The van der Waals surface area contributed by atoms with Crippen LogP contribution >= 0.6 is 0 Å². The lowest BCUT2D eigenvalue weighted by atomic mass is 9.93. The summed E-state index contributed by atoms with van der Waals surface area (Å²) in [6, 6.07) is 4.74. The Kier molecular flexibility index (Phi) is 10.5. The minimum atomic E-state index is -5.10. The van der Waals surface area contributed by atoms with Crippen LogP contribution in [0.4, 0.5) is 41.2 Å². The molecule has 0 bridgehead atoms. The van der Waals surface area contributed by atoms with Crippen molar-refractivity contribution in [1.82, 2.24) is 14.7 Å². The molecule has 2 atom stereocenters. The number of likely N-dealkylation sites (tertiary alicyclic amines) is 2. The van der Waals surface area contributed by atoms with E-state index >= 15 is 0 Å². The van der Waals surface area contributed by atoms with Crippen LogP contribution in [0.1, 0.15) is 41.9 Å². The smallest absolute Gasteiger partial charge is 0.384 e. The predicted octanol–water partition coefficient (Wildman–Crippen LogP) is 5.62. The highest BCUT2D eigenvalue weighted by Crippen LogP contribution is 2.39. The zero-order valence-corrected chi connectivity index (χ0v) is 25.5. The average molecular weight is 661 g/mol. The Hall–Kier alpha value is -3.88. The molecular weight excluding hydrogens is 625 g/mol. The van der Waals surface area contributed by atoms with Crippen molar-refractivity contribution in [2.45, 2.75) is 43.6 Å². The Morgan fingerprint density at radius 3 is 1.96 bits per heavy atom. The van der Waals surface area contributed by atoms with Gasteiger partial charge in [-0.25, -0.2) is 9.18 Å². The number of nitrogens with zero attached hydrogens (tertiary/aromatic N) is 4. The molecule has 2 aliphatic rings. The third-order valence-electron chi connectivity index (χ3n) is 8.66. The van der Waals surface area contributed by atoms with Crippen LogP contribution < -0.4 is 4.90 Å². The van der Waals surface area contributed by atoms with Gasteiger partial charge in [0.25, 0.3) is 0 Å². The molecule has 2 aliphatic heterocycles. The van der Waals surface area contributed by atoms with Gasteiger partial charge in [-0.15, -0.1) is 0 Å². The number of carbonyl (C=O) groups excluding carboxylic acids is 3. The number of hydrogen-bond acceptors (Lipinski definition) is 4. The fraction of sp³-hybridized carbons (Fsp3) is 0.516. The summed E-state index contributed by atoms with van der Waals surface area (Å²) in [5, 5.41) is 0. The van der Waals surface area contributed by atoms with Crippen LogP contribution in [0.5, 0.6) is 0 Å². The number of carbonyl (C=O) groups is 3. The lowest BCUT2D eigenvalue weighted by Gasteiger charge is -2.34. The van der Waals surface area contributed by atoms with Crippen molar-refractivity contribution >= 4 is 23.5 Å². The van der Waals surface area contributed by atoms with E-state index < -0.39 is 58.9 Å². The summed E-state index contributed by atoms with van der Waals surface area (Å²) >= 11 is 0. The van der Waals surface area contributed by atoms with E-state index in [1.807, 2.05) is 0 Å². The molecular formula is C31H35F7N4O4. The Labute approximate surface area is 261 Å². The number of amides is 4. The second-order valence-electron chi connectivity index (χ2n) is 11.6. The van der Waals surface area contributed by atoms with Crippen LogP contribution in [0.3, 0.4) is 0 Å². The van der Waals surface area contributed by atoms with E-state index in [1.165, 1.54) is 43.3 Å². The number of rotatable bonds is 7. The lowest BCUT2D eigenvalue weighted by Crippen LogP contribution is -2.48. The van der Waals surface area contributed by atoms with Crippen LogP contribution in [-0.4, -0.2) is 92.6 Å². The maximum atomic E-state index is 13.8. The van der Waals surface area contributed by atoms with E-state index in [9.17, 15) is 45.1 Å². The molecule has 0 radical (unpaired) electrons. The summed E-state index contributed by atoms with van der Waals surface area (Å²) in [6.45, 7) is 1.23. The maximum absolute atomic E-state index is 13.8. The van der Waals surface area contributed by atoms with E-state index in [1.54, 1.807) is 9.80 Å². The Morgan fingerprint density at radius 2 is 1.43 bits per heavy atom. The van der Waals surface area contributed by atoms with Gasteiger partial charge in [0, 0.05) is 64.9 Å². The third kappa shape index (κ3) is 7.91. The van der Waals surface area contributed by atoms with Crippen LogP contribution in [-0.2, 0) is 26.7 Å². The minimum Gasteiger partial charge on any atom is -0.384 e. The third-order valence-corrected chi connectivity index (χ3v) is 8.66. The van der Waals surface area contributed by atoms with E-state index in [0.29, 0.717) is 48.5 Å². The molecule has 15 heteroatoms. The van der Waals surface area contributed by atoms with Gasteiger partial charge in [-0.3, -0.25) is 14.5 Å². The molecule has 2 saturated heterocycles. The number of piperidine rings is 1. The zero-order chi connectivity index (χ0) is 34.0. The van der Waals surface area contributed by atoms with Crippen molar-refractivity contribution in [1.29, 1.82) is 0 Å². The molecule has 0 aromatic heterocycles. The zero-order valence-electron chi connectivity index (χ0n) is 25.5. The first kappa shape index (κ1) is 35.0. The molecule has 8 nitrogen and oxygen atoms in total. The van der Waals surface area contributed by atoms with Crippen LogP contribution in [0.15, 0.2) is 42.5 Å². The van der Waals surface area contributed by atoms with Gasteiger partial charge < -0.3 is 19.4 Å². The fourth-order valence-electron chi connectivity index (χ4n) is 6.00. The van der Waals surface area contributed by atoms with Gasteiger partial charge in [0.1, 0.15) is 5.82 Å². The number of ether oxygens (including phenoxy) is 1. The van der Waals surface area contributed by atoms with Crippen molar-refractivity contribution in [2.24, 2.45) is 5.92 Å². The quantitative estimate of drug-likeness (QED) is 0.362. The summed E-state index contributed by atoms with van der Waals surface area (Å²) in [4.78, 5) is 44.8. The molecule has 2 unspecified atom stereocenters. The van der Waals surface area contributed by atoms with Gasteiger partial charge in [0.15, 0.2) is 0 Å². The first-order valence-corrected chi connectivity index (χ1v) is 14.6. The average Bonchev–Trinajstić information content (AvgIpc) is 3.47. The summed E-state index contributed by atoms with van der Waals surface area (Å²) in [5.41, 5.74) is -3.14. The van der Waals surface area contributed by atoms with Gasteiger partial charge in [0.05, 0.1) is 30.2 Å². The molecule has 252 valence electrons. The molecule has 2 aromatic carbocycles.